The number of carbonyl (C=O) groups is 3. The molecule has 0 unspecified atom stereocenters. The van der Waals surface area contributed by atoms with Gasteiger partial charge in [-0.15, -0.1) is 0 Å². The first-order chi connectivity index (χ1) is 15.0. The van der Waals surface area contributed by atoms with Crippen LogP contribution in [0.1, 0.15) is 26.3 Å². The molecular formula is C25H19NO5. The van der Waals surface area contributed by atoms with Gasteiger partial charge in [0.15, 0.2) is 18.2 Å². The van der Waals surface area contributed by atoms with E-state index in [0.29, 0.717) is 33.9 Å². The molecule has 1 amide bonds. The van der Waals surface area contributed by atoms with Gasteiger partial charge >= 0.3 is 0 Å². The summed E-state index contributed by atoms with van der Waals surface area (Å²) in [4.78, 5) is 37.2. The number of rotatable bonds is 6. The third kappa shape index (κ3) is 4.38. The van der Waals surface area contributed by atoms with E-state index < -0.39 is 0 Å². The summed E-state index contributed by atoms with van der Waals surface area (Å²) in [6.07, 6.45) is 1.55. The number of hydrogen-bond donors (Lipinski definition) is 1. The molecule has 6 nitrogen and oxygen atoms in total. The molecule has 1 N–H and O–H groups in total. The molecule has 3 aromatic rings. The summed E-state index contributed by atoms with van der Waals surface area (Å²) < 4.78 is 10.7. The predicted octanol–water partition coefficient (Wildman–Crippen LogP) is 4.18. The van der Waals surface area contributed by atoms with Gasteiger partial charge in [-0.25, -0.2) is 0 Å². The van der Waals surface area contributed by atoms with Crippen LogP contribution in [0.4, 0.5) is 5.69 Å². The van der Waals surface area contributed by atoms with Crippen LogP contribution in [0.3, 0.4) is 0 Å². The summed E-state index contributed by atoms with van der Waals surface area (Å²) in [6.45, 7) is -0.185. The number of hydrogen-bond acceptors (Lipinski definition) is 5. The second kappa shape index (κ2) is 8.67. The Bertz CT molecular complexity index is 1160. The fraction of sp³-hybridized carbons (Fsp3) is 0.0800. The maximum atomic E-state index is 12.5. The van der Waals surface area contributed by atoms with Crippen molar-refractivity contribution in [3.05, 3.63) is 95.1 Å². The highest BCUT2D eigenvalue weighted by Gasteiger charge is 2.32. The molecule has 4 rings (SSSR count). The van der Waals surface area contributed by atoms with E-state index in [0.717, 1.165) is 0 Å². The van der Waals surface area contributed by atoms with Crippen molar-refractivity contribution in [3.8, 4) is 11.5 Å². The second-order valence-electron chi connectivity index (χ2n) is 6.90. The molecule has 0 aromatic heterocycles. The fourth-order valence-electron chi connectivity index (χ4n) is 3.28. The minimum atomic E-state index is -0.314. The van der Waals surface area contributed by atoms with E-state index >= 15 is 0 Å². The van der Waals surface area contributed by atoms with E-state index in [1.807, 2.05) is 0 Å². The van der Waals surface area contributed by atoms with Crippen LogP contribution in [0.5, 0.6) is 11.5 Å². The lowest BCUT2D eigenvalue weighted by atomic mass is 10.1. The van der Waals surface area contributed by atoms with Gasteiger partial charge in [0.1, 0.15) is 11.5 Å². The van der Waals surface area contributed by atoms with E-state index in [1.165, 1.54) is 0 Å². The maximum Gasteiger partial charge on any atom is 0.262 e. The SMILES string of the molecule is COc1ccc(NC(=O)COc2cccc(C=C3C(=O)c4ccccc4C3=O)c2)cc1. The largest absolute Gasteiger partial charge is 0.497 e. The van der Waals surface area contributed by atoms with Crippen molar-refractivity contribution in [1.82, 2.24) is 0 Å². The van der Waals surface area contributed by atoms with Crippen LogP contribution in [-0.2, 0) is 4.79 Å². The highest BCUT2D eigenvalue weighted by molar-refractivity contribution is 6.41. The Morgan fingerprint density at radius 3 is 2.19 bits per heavy atom. The molecule has 0 saturated carbocycles. The number of ether oxygens (including phenoxy) is 2. The molecule has 0 atom stereocenters. The van der Waals surface area contributed by atoms with E-state index in [2.05, 4.69) is 5.32 Å². The van der Waals surface area contributed by atoms with Crippen LogP contribution in [0.15, 0.2) is 78.4 Å². The van der Waals surface area contributed by atoms with Gasteiger partial charge in [-0.1, -0.05) is 36.4 Å². The molecule has 0 spiro atoms. The van der Waals surface area contributed by atoms with Gasteiger partial charge < -0.3 is 14.8 Å². The Kier molecular flexibility index (Phi) is 5.62. The van der Waals surface area contributed by atoms with Gasteiger partial charge in [-0.05, 0) is 48.0 Å². The standard InChI is InChI=1S/C25H19NO5/c1-30-18-11-9-17(10-12-18)26-23(27)15-31-19-6-4-5-16(13-19)14-22-24(28)20-7-2-3-8-21(20)25(22)29/h2-14H,15H2,1H3,(H,26,27). The number of allylic oxidation sites excluding steroid dienone is 1. The number of nitrogens with one attached hydrogen (secondary N) is 1. The summed E-state index contributed by atoms with van der Waals surface area (Å²) in [5.41, 5.74) is 2.22. The van der Waals surface area contributed by atoms with Crippen molar-refractivity contribution in [1.29, 1.82) is 0 Å². The van der Waals surface area contributed by atoms with Gasteiger partial charge in [-0.2, -0.15) is 0 Å². The molecule has 0 aliphatic heterocycles. The number of anilines is 1. The van der Waals surface area contributed by atoms with Gasteiger partial charge in [0.25, 0.3) is 5.91 Å². The molecule has 0 fully saturated rings. The molecule has 1 aliphatic carbocycles. The number of benzene rings is 3. The predicted molar refractivity (Wildman–Crippen MR) is 117 cm³/mol. The van der Waals surface area contributed by atoms with Gasteiger partial charge in [-0.3, -0.25) is 14.4 Å². The van der Waals surface area contributed by atoms with Crippen LogP contribution >= 0.6 is 0 Å². The highest BCUT2D eigenvalue weighted by atomic mass is 16.5. The molecule has 0 saturated heterocycles. The van der Waals surface area contributed by atoms with Crippen LogP contribution in [0, 0.1) is 0 Å². The van der Waals surface area contributed by atoms with Crippen molar-refractivity contribution in [2.24, 2.45) is 0 Å². The molecule has 0 radical (unpaired) electrons. The van der Waals surface area contributed by atoms with Crippen molar-refractivity contribution in [2.45, 2.75) is 0 Å². The van der Waals surface area contributed by atoms with E-state index in [9.17, 15) is 14.4 Å². The molecule has 3 aromatic carbocycles. The summed E-state index contributed by atoms with van der Waals surface area (Å²) >= 11 is 0. The van der Waals surface area contributed by atoms with Crippen LogP contribution in [-0.4, -0.2) is 31.2 Å². The molecule has 31 heavy (non-hydrogen) atoms. The number of carbonyl (C=O) groups excluding carboxylic acids is 3. The Morgan fingerprint density at radius 2 is 1.55 bits per heavy atom. The molecular weight excluding hydrogens is 394 g/mol. The molecule has 154 valence electrons. The Balaban J connectivity index is 1.42. The normalized spacial score (nSPS) is 12.4. The first-order valence-corrected chi connectivity index (χ1v) is 9.62. The number of Topliss-reactive ketones (excluding diaryl/α,β-unsaturated/α-hetero) is 2. The minimum Gasteiger partial charge on any atom is -0.497 e. The molecule has 0 heterocycles. The van der Waals surface area contributed by atoms with Gasteiger partial charge in [0.2, 0.25) is 0 Å². The minimum absolute atomic E-state index is 0.121. The van der Waals surface area contributed by atoms with Crippen LogP contribution in [0.25, 0.3) is 6.08 Å². The van der Waals surface area contributed by atoms with Crippen molar-refractivity contribution < 1.29 is 23.9 Å². The monoisotopic (exact) mass is 413 g/mol. The van der Waals surface area contributed by atoms with E-state index in [1.54, 1.807) is 86.0 Å². The third-order valence-corrected chi connectivity index (χ3v) is 4.82. The Labute approximate surface area is 179 Å². The highest BCUT2D eigenvalue weighted by Crippen LogP contribution is 2.28. The Morgan fingerprint density at radius 1 is 0.871 bits per heavy atom. The fourth-order valence-corrected chi connectivity index (χ4v) is 3.28. The quantitative estimate of drug-likeness (QED) is 0.484. The van der Waals surface area contributed by atoms with Crippen molar-refractivity contribution >= 4 is 29.2 Å². The summed E-state index contributed by atoms with van der Waals surface area (Å²) in [6, 6.07) is 20.6. The molecule has 1 aliphatic rings. The number of amides is 1. The van der Waals surface area contributed by atoms with E-state index in [4.69, 9.17) is 9.47 Å². The first kappa shape index (κ1) is 20.1. The number of ketones is 2. The summed E-state index contributed by atoms with van der Waals surface area (Å²) in [5.74, 6) is 0.263. The first-order valence-electron chi connectivity index (χ1n) is 9.62. The number of fused-ring (bicyclic) bond motifs is 1. The third-order valence-electron chi connectivity index (χ3n) is 4.82. The Hall–Kier alpha value is -4.19. The van der Waals surface area contributed by atoms with E-state index in [-0.39, 0.29) is 29.7 Å². The topological polar surface area (TPSA) is 81.7 Å². The number of methoxy groups -OCH3 is 1. The smallest absolute Gasteiger partial charge is 0.262 e. The van der Waals surface area contributed by atoms with Crippen molar-refractivity contribution in [3.63, 3.8) is 0 Å². The average Bonchev–Trinajstić information content (AvgIpc) is 3.04. The van der Waals surface area contributed by atoms with Gasteiger partial charge in [0, 0.05) is 16.8 Å². The molecule has 0 bridgehead atoms. The zero-order valence-electron chi connectivity index (χ0n) is 16.8. The maximum absolute atomic E-state index is 12.5. The lowest BCUT2D eigenvalue weighted by Gasteiger charge is -2.09. The summed E-state index contributed by atoms with van der Waals surface area (Å²) in [7, 11) is 1.57. The zero-order valence-corrected chi connectivity index (χ0v) is 16.8. The average molecular weight is 413 g/mol. The lowest BCUT2D eigenvalue weighted by molar-refractivity contribution is -0.118. The molecule has 6 heteroatoms. The summed E-state index contributed by atoms with van der Waals surface area (Å²) in [5, 5.41) is 2.74. The van der Waals surface area contributed by atoms with Crippen LogP contribution in [0.2, 0.25) is 0 Å². The second-order valence-corrected chi connectivity index (χ2v) is 6.90. The van der Waals surface area contributed by atoms with Crippen molar-refractivity contribution in [2.75, 3.05) is 19.0 Å². The lowest BCUT2D eigenvalue weighted by Crippen LogP contribution is -2.20. The van der Waals surface area contributed by atoms with Gasteiger partial charge in [0.05, 0.1) is 12.7 Å². The zero-order chi connectivity index (χ0) is 21.8. The van der Waals surface area contributed by atoms with Crippen LogP contribution < -0.4 is 14.8 Å².